The SMILES string of the molecule is C[C@]12C=CC(=O)C=C1CC[C@@H]1[C@@H]2[C@@H](O)C[C@@]2(C)[C@H]1CC[C@]2(O)C(=O)CO.C[N+](C)(C)CCCCCC[N+](C)(C)C. The van der Waals surface area contributed by atoms with Crippen molar-refractivity contribution in [2.75, 3.05) is 62.0 Å². The molecule has 0 saturated heterocycles. The Morgan fingerprint density at radius 2 is 1.55 bits per heavy atom. The van der Waals surface area contributed by atoms with Crippen LogP contribution in [0.25, 0.3) is 0 Å². The summed E-state index contributed by atoms with van der Waals surface area (Å²) in [6.07, 6.45) is 13.2. The molecule has 0 aromatic heterocycles. The summed E-state index contributed by atoms with van der Waals surface area (Å²) in [7, 11) is 13.6. The summed E-state index contributed by atoms with van der Waals surface area (Å²) in [5.74, 6) is -0.227. The van der Waals surface area contributed by atoms with Crippen LogP contribution in [0.3, 0.4) is 0 Å². The molecule has 0 amide bonds. The standard InChI is InChI=1S/C21H28O5.C12H30N2/c1-19-7-5-13(23)9-12(19)3-4-14-15-6-8-21(26,17(25)11-22)20(15,2)10-16(24)18(14)19;1-13(2,3)11-9-7-8-10-12-14(4,5)6/h5,7,9,14-16,18,22,24,26H,3-4,6,8,10-11H2,1-2H3;7-12H2,1-6H3/q;+2/t14-,15-,16-,18+,19-,20-,21-;/m0./s1. The first-order valence-electron chi connectivity index (χ1n) is 15.5. The van der Waals surface area contributed by atoms with Crippen LogP contribution in [0.2, 0.25) is 0 Å². The largest absolute Gasteiger partial charge is 0.393 e. The fraction of sp³-hybridized carbons (Fsp3) is 0.818. The molecule has 7 nitrogen and oxygen atoms in total. The first-order chi connectivity index (χ1) is 18.4. The summed E-state index contributed by atoms with van der Waals surface area (Å²) >= 11 is 0. The van der Waals surface area contributed by atoms with Gasteiger partial charge in [0.25, 0.3) is 0 Å². The number of carbonyl (C=O) groups excluding carboxylic acids is 2. The first-order valence-corrected chi connectivity index (χ1v) is 15.5. The minimum Gasteiger partial charge on any atom is -0.393 e. The molecule has 4 aliphatic rings. The molecule has 7 atom stereocenters. The smallest absolute Gasteiger partial charge is 0.190 e. The Labute approximate surface area is 243 Å². The van der Waals surface area contributed by atoms with Gasteiger partial charge in [0.05, 0.1) is 61.5 Å². The number of nitrogens with zero attached hydrogens (tertiary/aromatic N) is 2. The maximum atomic E-state index is 12.4. The summed E-state index contributed by atoms with van der Waals surface area (Å²) in [6.45, 7) is 5.96. The van der Waals surface area contributed by atoms with E-state index in [-0.39, 0.29) is 29.0 Å². The van der Waals surface area contributed by atoms with Crippen LogP contribution in [-0.2, 0) is 9.59 Å². The number of aliphatic hydroxyl groups excluding tert-OH is 2. The van der Waals surface area contributed by atoms with Crippen molar-refractivity contribution < 1.29 is 33.9 Å². The summed E-state index contributed by atoms with van der Waals surface area (Å²) in [6, 6.07) is 0. The second-order valence-electron chi connectivity index (χ2n) is 15.6. The Bertz CT molecular complexity index is 974. The normalized spacial score (nSPS) is 37.1. The summed E-state index contributed by atoms with van der Waals surface area (Å²) < 4.78 is 2.21. The van der Waals surface area contributed by atoms with Crippen LogP contribution in [0.15, 0.2) is 23.8 Å². The van der Waals surface area contributed by atoms with Crippen LogP contribution in [0.4, 0.5) is 0 Å². The second kappa shape index (κ2) is 12.1. The van der Waals surface area contributed by atoms with Gasteiger partial charge in [-0.1, -0.05) is 25.5 Å². The molecular formula is C33H58N2O5+2. The lowest BCUT2D eigenvalue weighted by Gasteiger charge is -2.59. The summed E-state index contributed by atoms with van der Waals surface area (Å²) in [5.41, 5.74) is -1.54. The highest BCUT2D eigenvalue weighted by Gasteiger charge is 2.67. The number of rotatable bonds is 9. The molecule has 0 unspecified atom stereocenters. The quantitative estimate of drug-likeness (QED) is 0.295. The van der Waals surface area contributed by atoms with Crippen LogP contribution < -0.4 is 0 Å². The lowest BCUT2D eigenvalue weighted by atomic mass is 9.46. The number of fused-ring (bicyclic) bond motifs is 5. The zero-order valence-corrected chi connectivity index (χ0v) is 26.6. The molecule has 4 aliphatic carbocycles. The Kier molecular flexibility index (Phi) is 10.0. The van der Waals surface area contributed by atoms with E-state index in [0.29, 0.717) is 12.8 Å². The highest BCUT2D eigenvalue weighted by atomic mass is 16.3. The molecule has 3 fully saturated rings. The van der Waals surface area contributed by atoms with Crippen molar-refractivity contribution in [2.24, 2.45) is 28.6 Å². The Morgan fingerprint density at radius 3 is 2.08 bits per heavy atom. The molecule has 0 aliphatic heterocycles. The predicted octanol–water partition coefficient (Wildman–Crippen LogP) is 3.52. The number of aliphatic hydroxyl groups is 3. The van der Waals surface area contributed by atoms with Crippen LogP contribution in [0, 0.1) is 28.6 Å². The molecule has 228 valence electrons. The van der Waals surface area contributed by atoms with E-state index in [1.165, 1.54) is 38.8 Å². The van der Waals surface area contributed by atoms with Crippen molar-refractivity contribution in [3.05, 3.63) is 23.8 Å². The molecule has 0 bridgehead atoms. The van der Waals surface area contributed by atoms with Gasteiger partial charge < -0.3 is 24.3 Å². The number of quaternary nitrogens is 2. The predicted molar refractivity (Wildman–Crippen MR) is 159 cm³/mol. The molecule has 3 N–H and O–H groups in total. The molecule has 3 saturated carbocycles. The van der Waals surface area contributed by atoms with E-state index in [2.05, 4.69) is 49.2 Å². The van der Waals surface area contributed by atoms with Crippen molar-refractivity contribution in [3.8, 4) is 0 Å². The van der Waals surface area contributed by atoms with E-state index in [4.69, 9.17) is 0 Å². The van der Waals surface area contributed by atoms with Gasteiger partial charge in [-0.2, -0.15) is 0 Å². The molecule has 0 aromatic carbocycles. The minimum absolute atomic E-state index is 0.00912. The third-order valence-electron chi connectivity index (χ3n) is 10.7. The van der Waals surface area contributed by atoms with Crippen molar-refractivity contribution in [1.29, 1.82) is 0 Å². The maximum absolute atomic E-state index is 12.4. The Morgan fingerprint density at radius 1 is 0.975 bits per heavy atom. The van der Waals surface area contributed by atoms with Crippen LogP contribution >= 0.6 is 0 Å². The molecule has 7 heteroatoms. The first kappa shape index (κ1) is 33.1. The molecule has 0 aromatic rings. The zero-order chi connectivity index (χ0) is 30.1. The maximum Gasteiger partial charge on any atom is 0.190 e. The van der Waals surface area contributed by atoms with Gasteiger partial charge in [-0.15, -0.1) is 0 Å². The summed E-state index contributed by atoms with van der Waals surface area (Å²) in [5, 5.41) is 31.7. The second-order valence-corrected chi connectivity index (χ2v) is 15.6. The van der Waals surface area contributed by atoms with Crippen molar-refractivity contribution in [2.45, 2.75) is 83.3 Å². The molecule has 40 heavy (non-hydrogen) atoms. The monoisotopic (exact) mass is 562 g/mol. The molecule has 0 radical (unpaired) electrons. The van der Waals surface area contributed by atoms with Gasteiger partial charge in [0, 0.05) is 16.7 Å². The fourth-order valence-corrected chi connectivity index (χ4v) is 8.45. The average molecular weight is 563 g/mol. The van der Waals surface area contributed by atoms with Crippen molar-refractivity contribution in [3.63, 3.8) is 0 Å². The van der Waals surface area contributed by atoms with Crippen LogP contribution in [0.5, 0.6) is 0 Å². The number of hydrogen-bond acceptors (Lipinski definition) is 5. The van der Waals surface area contributed by atoms with Gasteiger partial charge in [0.1, 0.15) is 12.2 Å². The lowest BCUT2D eigenvalue weighted by molar-refractivity contribution is -0.871. The van der Waals surface area contributed by atoms with E-state index in [1.807, 2.05) is 13.0 Å². The van der Waals surface area contributed by atoms with Gasteiger partial charge in [-0.05, 0) is 81.8 Å². The Hall–Kier alpha value is -1.38. The number of hydrogen-bond donors (Lipinski definition) is 3. The van der Waals surface area contributed by atoms with E-state index in [9.17, 15) is 24.9 Å². The van der Waals surface area contributed by atoms with Crippen molar-refractivity contribution in [1.82, 2.24) is 0 Å². The fourth-order valence-electron chi connectivity index (χ4n) is 8.45. The molecular weight excluding hydrogens is 504 g/mol. The van der Waals surface area contributed by atoms with Crippen LogP contribution in [-0.4, -0.2) is 110 Å². The van der Waals surface area contributed by atoms with Gasteiger partial charge in [0.2, 0.25) is 0 Å². The van der Waals surface area contributed by atoms with Crippen LogP contribution in [0.1, 0.15) is 71.6 Å². The van der Waals surface area contributed by atoms with Gasteiger partial charge in [-0.25, -0.2) is 0 Å². The summed E-state index contributed by atoms with van der Waals surface area (Å²) in [4.78, 5) is 24.2. The van der Waals surface area contributed by atoms with Gasteiger partial charge in [0.15, 0.2) is 11.6 Å². The third-order valence-corrected chi connectivity index (χ3v) is 10.7. The number of allylic oxidation sites excluding steroid dienone is 4. The highest BCUT2D eigenvalue weighted by Crippen LogP contribution is 2.67. The van der Waals surface area contributed by atoms with Crippen molar-refractivity contribution >= 4 is 11.6 Å². The highest BCUT2D eigenvalue weighted by molar-refractivity contribution is 6.01. The number of unbranched alkanes of at least 4 members (excludes halogenated alkanes) is 3. The number of ketones is 2. The molecule has 4 rings (SSSR count). The number of carbonyl (C=O) groups is 2. The number of Topliss-reactive ketones (excluding diaryl/α,β-unsaturated/α-hetero) is 1. The van der Waals surface area contributed by atoms with E-state index < -0.39 is 29.5 Å². The lowest BCUT2D eigenvalue weighted by Crippen LogP contribution is -2.61. The van der Waals surface area contributed by atoms with E-state index >= 15 is 0 Å². The molecule has 0 spiro atoms. The zero-order valence-electron chi connectivity index (χ0n) is 26.6. The third kappa shape index (κ3) is 6.81. The minimum atomic E-state index is -1.56. The average Bonchev–Trinajstić information content (AvgIpc) is 3.11. The molecule has 0 heterocycles. The van der Waals surface area contributed by atoms with E-state index in [1.54, 1.807) is 12.2 Å². The van der Waals surface area contributed by atoms with E-state index in [0.717, 1.165) is 33.8 Å². The van der Waals surface area contributed by atoms with Gasteiger partial charge >= 0.3 is 0 Å². The Balaban J connectivity index is 0.000000270. The topological polar surface area (TPSA) is 94.8 Å². The van der Waals surface area contributed by atoms with Gasteiger partial charge in [-0.3, -0.25) is 9.59 Å².